The van der Waals surface area contributed by atoms with Crippen molar-refractivity contribution in [2.75, 3.05) is 36.4 Å². The van der Waals surface area contributed by atoms with Crippen LogP contribution in [0.2, 0.25) is 5.02 Å². The molecule has 0 bridgehead atoms. The van der Waals surface area contributed by atoms with Crippen LogP contribution >= 0.6 is 11.6 Å². The largest absolute Gasteiger partial charge is 0.354 e. The molecule has 21 heavy (non-hydrogen) atoms. The molecule has 2 aromatic rings. The van der Waals surface area contributed by atoms with Crippen LogP contribution in [0.15, 0.2) is 36.5 Å². The Labute approximate surface area is 129 Å². The van der Waals surface area contributed by atoms with Gasteiger partial charge in [0.1, 0.15) is 5.82 Å². The second-order valence-corrected chi connectivity index (χ2v) is 5.40. The van der Waals surface area contributed by atoms with E-state index in [1.54, 1.807) is 6.20 Å². The summed E-state index contributed by atoms with van der Waals surface area (Å²) in [5.74, 6) is 1.62. The molecule has 1 aliphatic heterocycles. The van der Waals surface area contributed by atoms with Crippen LogP contribution in [0.4, 0.5) is 11.8 Å². The van der Waals surface area contributed by atoms with Gasteiger partial charge < -0.3 is 15.5 Å². The van der Waals surface area contributed by atoms with Crippen LogP contribution in [-0.4, -0.2) is 36.1 Å². The molecular weight excluding hydrogens is 286 g/mol. The molecule has 0 atom stereocenters. The smallest absolute Gasteiger partial charge is 0.224 e. The number of halogens is 1. The first-order chi connectivity index (χ1) is 10.3. The highest BCUT2D eigenvalue weighted by Crippen LogP contribution is 2.14. The Balaban J connectivity index is 1.65. The highest BCUT2D eigenvalue weighted by Gasteiger charge is 2.12. The zero-order chi connectivity index (χ0) is 14.5. The van der Waals surface area contributed by atoms with Crippen molar-refractivity contribution in [1.82, 2.24) is 15.3 Å². The molecule has 1 saturated heterocycles. The van der Waals surface area contributed by atoms with E-state index in [4.69, 9.17) is 11.6 Å². The summed E-state index contributed by atoms with van der Waals surface area (Å²) < 4.78 is 0. The third kappa shape index (κ3) is 3.83. The first-order valence-electron chi connectivity index (χ1n) is 7.08. The topological polar surface area (TPSA) is 53.1 Å². The maximum Gasteiger partial charge on any atom is 0.224 e. The van der Waals surface area contributed by atoms with Crippen LogP contribution in [0.25, 0.3) is 0 Å². The fraction of sp³-hybridized carbons (Fsp3) is 0.333. The molecule has 0 saturated carbocycles. The van der Waals surface area contributed by atoms with Crippen LogP contribution < -0.4 is 15.5 Å². The van der Waals surface area contributed by atoms with Gasteiger partial charge in [-0.3, -0.25) is 0 Å². The number of benzene rings is 1. The van der Waals surface area contributed by atoms with E-state index in [0.29, 0.717) is 12.5 Å². The summed E-state index contributed by atoms with van der Waals surface area (Å²) >= 11 is 5.98. The Morgan fingerprint density at radius 1 is 1.24 bits per heavy atom. The van der Waals surface area contributed by atoms with Crippen molar-refractivity contribution < 1.29 is 0 Å². The molecule has 0 unspecified atom stereocenters. The van der Waals surface area contributed by atoms with Crippen molar-refractivity contribution in [2.45, 2.75) is 6.54 Å². The van der Waals surface area contributed by atoms with Crippen molar-refractivity contribution in [1.29, 1.82) is 0 Å². The Bertz CT molecular complexity index is 598. The molecule has 6 heteroatoms. The van der Waals surface area contributed by atoms with E-state index in [9.17, 15) is 0 Å². The van der Waals surface area contributed by atoms with E-state index in [1.165, 1.54) is 0 Å². The molecule has 110 valence electrons. The molecule has 2 N–H and O–H groups in total. The zero-order valence-corrected chi connectivity index (χ0v) is 12.5. The van der Waals surface area contributed by atoms with Gasteiger partial charge in [0.05, 0.1) is 0 Å². The first-order valence-corrected chi connectivity index (χ1v) is 7.46. The fourth-order valence-electron chi connectivity index (χ4n) is 2.33. The summed E-state index contributed by atoms with van der Waals surface area (Å²) in [6.45, 7) is 4.60. The van der Waals surface area contributed by atoms with Crippen LogP contribution in [0, 0.1) is 0 Å². The number of nitrogens with zero attached hydrogens (tertiary/aromatic N) is 3. The molecule has 1 aromatic heterocycles. The number of anilines is 2. The van der Waals surface area contributed by atoms with Gasteiger partial charge in [-0.05, 0) is 23.8 Å². The van der Waals surface area contributed by atoms with Crippen LogP contribution in [-0.2, 0) is 6.54 Å². The van der Waals surface area contributed by atoms with Gasteiger partial charge in [-0.15, -0.1) is 0 Å². The Hall–Kier alpha value is -1.85. The molecule has 2 heterocycles. The monoisotopic (exact) mass is 303 g/mol. The lowest BCUT2D eigenvalue weighted by molar-refractivity contribution is 0.584. The third-order valence-corrected chi connectivity index (χ3v) is 3.66. The molecular formula is C15H18ClN5. The number of hydrogen-bond donors (Lipinski definition) is 2. The van der Waals surface area contributed by atoms with Gasteiger partial charge in [0.2, 0.25) is 5.95 Å². The molecule has 0 amide bonds. The lowest BCUT2D eigenvalue weighted by Crippen LogP contribution is -2.43. The minimum Gasteiger partial charge on any atom is -0.354 e. The number of rotatable bonds is 4. The summed E-state index contributed by atoms with van der Waals surface area (Å²) in [5, 5.41) is 7.32. The Morgan fingerprint density at radius 3 is 2.90 bits per heavy atom. The molecule has 0 aliphatic carbocycles. The maximum atomic E-state index is 5.98. The van der Waals surface area contributed by atoms with Crippen molar-refractivity contribution in [3.63, 3.8) is 0 Å². The fourth-order valence-corrected chi connectivity index (χ4v) is 2.55. The number of piperazine rings is 1. The summed E-state index contributed by atoms with van der Waals surface area (Å²) in [7, 11) is 0. The average Bonchev–Trinajstić information content (AvgIpc) is 2.54. The van der Waals surface area contributed by atoms with Crippen LogP contribution in [0.1, 0.15) is 5.56 Å². The maximum absolute atomic E-state index is 5.98. The number of nitrogens with one attached hydrogen (secondary N) is 2. The number of hydrogen-bond acceptors (Lipinski definition) is 5. The normalized spacial score (nSPS) is 15.0. The minimum atomic E-state index is 0.644. The highest BCUT2D eigenvalue weighted by atomic mass is 35.5. The summed E-state index contributed by atoms with van der Waals surface area (Å²) in [6, 6.07) is 9.73. The van der Waals surface area contributed by atoms with Gasteiger partial charge in [0.15, 0.2) is 0 Å². The lowest BCUT2D eigenvalue weighted by atomic mass is 10.2. The third-order valence-electron chi connectivity index (χ3n) is 3.42. The minimum absolute atomic E-state index is 0.644. The SMILES string of the molecule is Clc1cccc(CNc2nccc(N3CCNCC3)n2)c1. The Kier molecular flexibility index (Phi) is 4.52. The van der Waals surface area contributed by atoms with Crippen molar-refractivity contribution >= 4 is 23.4 Å². The second kappa shape index (κ2) is 6.74. The predicted molar refractivity (Wildman–Crippen MR) is 85.9 cm³/mol. The summed E-state index contributed by atoms with van der Waals surface area (Å²) in [5.41, 5.74) is 1.11. The van der Waals surface area contributed by atoms with Crippen LogP contribution in [0.3, 0.4) is 0 Å². The van der Waals surface area contributed by atoms with E-state index in [0.717, 1.165) is 42.6 Å². The standard InChI is InChI=1S/C15H18ClN5/c16-13-3-1-2-12(10-13)11-19-15-18-5-4-14(20-15)21-8-6-17-7-9-21/h1-5,10,17H,6-9,11H2,(H,18,19,20). The van der Waals surface area contributed by atoms with Crippen molar-refractivity contribution in [3.8, 4) is 0 Å². The molecule has 3 rings (SSSR count). The van der Waals surface area contributed by atoms with Crippen LogP contribution in [0.5, 0.6) is 0 Å². The summed E-state index contributed by atoms with van der Waals surface area (Å²) in [6.07, 6.45) is 1.80. The summed E-state index contributed by atoms with van der Waals surface area (Å²) in [4.78, 5) is 11.1. The van der Waals surface area contributed by atoms with Gasteiger partial charge in [-0.1, -0.05) is 23.7 Å². The molecule has 5 nitrogen and oxygen atoms in total. The van der Waals surface area contributed by atoms with E-state index < -0.39 is 0 Å². The van der Waals surface area contributed by atoms with Gasteiger partial charge in [0.25, 0.3) is 0 Å². The second-order valence-electron chi connectivity index (χ2n) is 4.96. The predicted octanol–water partition coefficient (Wildman–Crippen LogP) is 2.15. The molecule has 0 radical (unpaired) electrons. The van der Waals surface area contributed by atoms with E-state index in [2.05, 4.69) is 25.5 Å². The van der Waals surface area contributed by atoms with Crippen molar-refractivity contribution in [3.05, 3.63) is 47.1 Å². The van der Waals surface area contributed by atoms with E-state index in [1.807, 2.05) is 30.3 Å². The lowest BCUT2D eigenvalue weighted by Gasteiger charge is -2.28. The average molecular weight is 304 g/mol. The van der Waals surface area contributed by atoms with Crippen molar-refractivity contribution in [2.24, 2.45) is 0 Å². The molecule has 0 spiro atoms. The molecule has 1 aliphatic rings. The molecule has 1 aromatic carbocycles. The highest BCUT2D eigenvalue weighted by molar-refractivity contribution is 6.30. The number of aromatic nitrogens is 2. The first kappa shape index (κ1) is 14.1. The quantitative estimate of drug-likeness (QED) is 0.906. The van der Waals surface area contributed by atoms with Gasteiger partial charge in [-0.25, -0.2) is 4.98 Å². The van der Waals surface area contributed by atoms with E-state index in [-0.39, 0.29) is 0 Å². The Morgan fingerprint density at radius 2 is 2.10 bits per heavy atom. The zero-order valence-electron chi connectivity index (χ0n) is 11.7. The van der Waals surface area contributed by atoms with E-state index >= 15 is 0 Å². The molecule has 1 fully saturated rings. The van der Waals surface area contributed by atoms with Gasteiger partial charge in [0, 0.05) is 43.9 Å². The van der Waals surface area contributed by atoms with Gasteiger partial charge in [-0.2, -0.15) is 4.98 Å². The van der Waals surface area contributed by atoms with Gasteiger partial charge >= 0.3 is 0 Å².